The standard InChI is InChI=1S/C18H11BrN4O3S2/c19-11-6-7-13-12(8-11)16(26)23(15(20-13)10-4-2-1-3-5-10)17-21-22-18(28-17)27-9-14(24)25/h1-8H,9H2,(H,24,25). The molecule has 0 saturated carbocycles. The maximum Gasteiger partial charge on any atom is 0.313 e. The number of carbonyl (C=O) groups is 1. The predicted molar refractivity (Wildman–Crippen MR) is 112 cm³/mol. The van der Waals surface area contributed by atoms with E-state index < -0.39 is 5.97 Å². The van der Waals surface area contributed by atoms with Gasteiger partial charge in [-0.15, -0.1) is 10.2 Å². The fraction of sp³-hybridized carbons (Fsp3) is 0.0556. The van der Waals surface area contributed by atoms with Crippen molar-refractivity contribution in [3.05, 3.63) is 63.4 Å². The fourth-order valence-corrected chi connectivity index (χ4v) is 4.51. The van der Waals surface area contributed by atoms with Crippen molar-refractivity contribution in [2.75, 3.05) is 5.75 Å². The van der Waals surface area contributed by atoms with E-state index in [1.54, 1.807) is 12.1 Å². The highest BCUT2D eigenvalue weighted by atomic mass is 79.9. The average Bonchev–Trinajstić information content (AvgIpc) is 3.16. The molecule has 0 amide bonds. The van der Waals surface area contributed by atoms with Gasteiger partial charge in [0.25, 0.3) is 5.56 Å². The minimum absolute atomic E-state index is 0.127. The van der Waals surface area contributed by atoms with Gasteiger partial charge in [-0.3, -0.25) is 9.59 Å². The minimum Gasteiger partial charge on any atom is -0.481 e. The number of aliphatic carboxylic acids is 1. The molecule has 0 bridgehead atoms. The molecular weight excluding hydrogens is 464 g/mol. The Labute approximate surface area is 175 Å². The Morgan fingerprint density at radius 1 is 1.18 bits per heavy atom. The summed E-state index contributed by atoms with van der Waals surface area (Å²) < 4.78 is 2.66. The zero-order valence-corrected chi connectivity index (χ0v) is 17.3. The van der Waals surface area contributed by atoms with Crippen molar-refractivity contribution in [1.82, 2.24) is 19.7 Å². The lowest BCUT2D eigenvalue weighted by Crippen LogP contribution is -2.22. The Hall–Kier alpha value is -2.56. The second kappa shape index (κ2) is 7.82. The van der Waals surface area contributed by atoms with E-state index in [1.165, 1.54) is 4.57 Å². The van der Waals surface area contributed by atoms with E-state index in [0.717, 1.165) is 33.1 Å². The first-order valence-corrected chi connectivity index (χ1v) is 10.6. The van der Waals surface area contributed by atoms with Crippen LogP contribution >= 0.6 is 39.0 Å². The van der Waals surface area contributed by atoms with Gasteiger partial charge in [0.05, 0.1) is 16.7 Å². The van der Waals surface area contributed by atoms with Gasteiger partial charge in [0.15, 0.2) is 4.34 Å². The normalized spacial score (nSPS) is 11.0. The van der Waals surface area contributed by atoms with Crippen LogP contribution in [0.1, 0.15) is 0 Å². The molecule has 0 radical (unpaired) electrons. The molecule has 140 valence electrons. The van der Waals surface area contributed by atoms with Crippen LogP contribution < -0.4 is 5.56 Å². The molecule has 4 aromatic rings. The van der Waals surface area contributed by atoms with Crippen LogP contribution in [0.2, 0.25) is 0 Å². The minimum atomic E-state index is -0.943. The molecule has 2 aromatic heterocycles. The topological polar surface area (TPSA) is 98.0 Å². The molecular formula is C18H11BrN4O3S2. The van der Waals surface area contributed by atoms with Crippen molar-refractivity contribution in [3.8, 4) is 16.5 Å². The summed E-state index contributed by atoms with van der Waals surface area (Å²) >= 11 is 5.60. The van der Waals surface area contributed by atoms with Gasteiger partial charge in [0, 0.05) is 10.0 Å². The molecule has 7 nitrogen and oxygen atoms in total. The van der Waals surface area contributed by atoms with E-state index in [1.807, 2.05) is 36.4 Å². The first kappa shape index (κ1) is 18.8. The Morgan fingerprint density at radius 2 is 1.96 bits per heavy atom. The highest BCUT2D eigenvalue weighted by Gasteiger charge is 2.18. The zero-order valence-electron chi connectivity index (χ0n) is 14.1. The van der Waals surface area contributed by atoms with Crippen LogP contribution in [0, 0.1) is 0 Å². The zero-order chi connectivity index (χ0) is 19.7. The third-order valence-corrected chi connectivity index (χ3v) is 6.29. The lowest BCUT2D eigenvalue weighted by atomic mass is 10.2. The van der Waals surface area contributed by atoms with E-state index in [-0.39, 0.29) is 11.3 Å². The van der Waals surface area contributed by atoms with Gasteiger partial charge in [-0.25, -0.2) is 9.55 Å². The second-order valence-corrected chi connectivity index (χ2v) is 8.73. The Morgan fingerprint density at radius 3 is 2.71 bits per heavy atom. The van der Waals surface area contributed by atoms with Crippen molar-refractivity contribution >= 4 is 55.9 Å². The van der Waals surface area contributed by atoms with Gasteiger partial charge in [0.2, 0.25) is 5.13 Å². The molecule has 4 rings (SSSR count). The SMILES string of the molecule is O=C(O)CSc1nnc(-n2c(-c3ccccc3)nc3ccc(Br)cc3c2=O)s1. The monoisotopic (exact) mass is 474 g/mol. The third-order valence-electron chi connectivity index (χ3n) is 3.77. The van der Waals surface area contributed by atoms with Gasteiger partial charge in [0.1, 0.15) is 5.82 Å². The number of halogens is 1. The van der Waals surface area contributed by atoms with Crippen molar-refractivity contribution in [2.24, 2.45) is 0 Å². The number of fused-ring (bicyclic) bond motifs is 1. The molecule has 0 aliphatic carbocycles. The van der Waals surface area contributed by atoms with Crippen molar-refractivity contribution in [2.45, 2.75) is 4.34 Å². The number of hydrogen-bond donors (Lipinski definition) is 1. The van der Waals surface area contributed by atoms with Crippen LogP contribution in [0.3, 0.4) is 0 Å². The number of carboxylic acids is 1. The number of thioether (sulfide) groups is 1. The first-order valence-electron chi connectivity index (χ1n) is 7.99. The van der Waals surface area contributed by atoms with Crippen LogP contribution in [0.5, 0.6) is 0 Å². The lowest BCUT2D eigenvalue weighted by Gasteiger charge is -2.11. The highest BCUT2D eigenvalue weighted by Crippen LogP contribution is 2.28. The van der Waals surface area contributed by atoms with Gasteiger partial charge in [-0.1, -0.05) is 69.4 Å². The number of carboxylic acid groups (broad SMARTS) is 1. The number of rotatable bonds is 5. The molecule has 0 saturated heterocycles. The van der Waals surface area contributed by atoms with Crippen LogP contribution in [0.25, 0.3) is 27.4 Å². The first-order chi connectivity index (χ1) is 13.5. The van der Waals surface area contributed by atoms with E-state index >= 15 is 0 Å². The quantitative estimate of drug-likeness (QED) is 0.438. The maximum atomic E-state index is 13.3. The summed E-state index contributed by atoms with van der Waals surface area (Å²) in [6, 6.07) is 14.7. The Kier molecular flexibility index (Phi) is 5.25. The molecule has 0 spiro atoms. The molecule has 2 heterocycles. The number of hydrogen-bond acceptors (Lipinski definition) is 7. The Bertz CT molecular complexity index is 1240. The summed E-state index contributed by atoms with van der Waals surface area (Å²) in [6.45, 7) is 0. The molecule has 1 N–H and O–H groups in total. The number of aromatic nitrogens is 4. The molecule has 28 heavy (non-hydrogen) atoms. The van der Waals surface area contributed by atoms with Gasteiger partial charge >= 0.3 is 5.97 Å². The van der Waals surface area contributed by atoms with E-state index in [2.05, 4.69) is 31.1 Å². The molecule has 0 aliphatic rings. The summed E-state index contributed by atoms with van der Waals surface area (Å²) in [4.78, 5) is 28.8. The summed E-state index contributed by atoms with van der Waals surface area (Å²) in [5, 5.41) is 17.7. The smallest absolute Gasteiger partial charge is 0.313 e. The number of benzene rings is 2. The largest absolute Gasteiger partial charge is 0.481 e. The predicted octanol–water partition coefficient (Wildman–Crippen LogP) is 3.84. The molecule has 0 unspecified atom stereocenters. The highest BCUT2D eigenvalue weighted by molar-refractivity contribution is 9.10. The van der Waals surface area contributed by atoms with E-state index in [0.29, 0.717) is 26.2 Å². The molecule has 0 atom stereocenters. The van der Waals surface area contributed by atoms with Crippen LogP contribution in [-0.2, 0) is 4.79 Å². The van der Waals surface area contributed by atoms with Crippen LogP contribution in [0.4, 0.5) is 0 Å². The lowest BCUT2D eigenvalue weighted by molar-refractivity contribution is -0.133. The summed E-state index contributed by atoms with van der Waals surface area (Å²) in [5.74, 6) is -0.620. The van der Waals surface area contributed by atoms with Crippen LogP contribution in [-0.4, -0.2) is 36.6 Å². The Balaban J connectivity index is 1.94. The van der Waals surface area contributed by atoms with Crippen molar-refractivity contribution in [3.63, 3.8) is 0 Å². The number of nitrogens with zero attached hydrogens (tertiary/aromatic N) is 4. The maximum absolute atomic E-state index is 13.3. The van der Waals surface area contributed by atoms with Crippen molar-refractivity contribution < 1.29 is 9.90 Å². The van der Waals surface area contributed by atoms with Crippen molar-refractivity contribution in [1.29, 1.82) is 0 Å². The summed E-state index contributed by atoms with van der Waals surface area (Å²) in [7, 11) is 0. The van der Waals surface area contributed by atoms with Gasteiger partial charge in [-0.2, -0.15) is 0 Å². The van der Waals surface area contributed by atoms with E-state index in [4.69, 9.17) is 5.11 Å². The van der Waals surface area contributed by atoms with Gasteiger partial charge < -0.3 is 5.11 Å². The summed E-state index contributed by atoms with van der Waals surface area (Å²) in [6.07, 6.45) is 0. The molecule has 0 fully saturated rings. The molecule has 2 aromatic carbocycles. The van der Waals surface area contributed by atoms with E-state index in [9.17, 15) is 9.59 Å². The fourth-order valence-electron chi connectivity index (χ4n) is 2.59. The molecule has 10 heteroatoms. The second-order valence-electron chi connectivity index (χ2n) is 5.64. The average molecular weight is 475 g/mol. The van der Waals surface area contributed by atoms with Gasteiger partial charge in [-0.05, 0) is 18.2 Å². The summed E-state index contributed by atoms with van der Waals surface area (Å²) in [5.41, 5.74) is 1.07. The third kappa shape index (κ3) is 3.71. The molecule has 0 aliphatic heterocycles. The van der Waals surface area contributed by atoms with Crippen LogP contribution in [0.15, 0.2) is 62.1 Å².